The zero-order valence-electron chi connectivity index (χ0n) is 11.6. The van der Waals surface area contributed by atoms with E-state index in [2.05, 4.69) is 0 Å². The van der Waals surface area contributed by atoms with Gasteiger partial charge in [-0.1, -0.05) is 0 Å². The molecule has 1 fully saturated rings. The minimum Gasteiger partial charge on any atom is -0.372 e. The summed E-state index contributed by atoms with van der Waals surface area (Å²) in [5.74, 6) is -3.15. The lowest BCUT2D eigenvalue weighted by molar-refractivity contribution is -0.120. The summed E-state index contributed by atoms with van der Waals surface area (Å²) in [5, 5.41) is 0. The van der Waals surface area contributed by atoms with Crippen LogP contribution in [0.3, 0.4) is 0 Å². The van der Waals surface area contributed by atoms with Gasteiger partial charge in [0.1, 0.15) is 5.78 Å². The van der Waals surface area contributed by atoms with E-state index in [4.69, 9.17) is 0 Å². The summed E-state index contributed by atoms with van der Waals surface area (Å²) in [7, 11) is -2.69. The van der Waals surface area contributed by atoms with Crippen molar-refractivity contribution in [3.8, 4) is 0 Å². The number of Topliss-reactive ketones (excluding diaryl/α,β-unsaturated/α-hetero) is 1. The number of nitrogens with zero attached hydrogens (tertiary/aromatic N) is 1. The van der Waals surface area contributed by atoms with Gasteiger partial charge >= 0.3 is 5.76 Å². The lowest BCUT2D eigenvalue weighted by Crippen LogP contribution is -2.35. The molecule has 0 aliphatic heterocycles. The standard InChI is InChI=1S/C14H17F2NO3S/c1-17(10-2-6-12(18)7-3-10)11-4-8-13(9-5-11)21(19,20)14(15)16/h4-5,8-10,14H,2-3,6-7H2,1H3. The summed E-state index contributed by atoms with van der Waals surface area (Å²) in [6.07, 6.45) is 2.61. The van der Waals surface area contributed by atoms with Gasteiger partial charge in [0.05, 0.1) is 4.90 Å². The number of carbonyl (C=O) groups is 1. The van der Waals surface area contributed by atoms with Gasteiger partial charge in [-0.3, -0.25) is 4.79 Å². The normalized spacial score (nSPS) is 17.2. The van der Waals surface area contributed by atoms with Crippen molar-refractivity contribution in [3.63, 3.8) is 0 Å². The van der Waals surface area contributed by atoms with Crippen LogP contribution in [0.15, 0.2) is 29.2 Å². The van der Waals surface area contributed by atoms with E-state index in [1.54, 1.807) is 0 Å². The smallest absolute Gasteiger partial charge is 0.341 e. The Morgan fingerprint density at radius 2 is 1.67 bits per heavy atom. The Bertz CT molecular complexity index is 604. The first kappa shape index (κ1) is 15.9. The maximum Gasteiger partial charge on any atom is 0.341 e. The van der Waals surface area contributed by atoms with Crippen molar-refractivity contribution in [2.45, 2.75) is 42.4 Å². The Hall–Kier alpha value is -1.50. The second kappa shape index (κ2) is 6.09. The summed E-state index contributed by atoms with van der Waals surface area (Å²) < 4.78 is 47.6. The molecule has 0 heterocycles. The third-order valence-corrected chi connectivity index (χ3v) is 5.27. The SMILES string of the molecule is CN(c1ccc(S(=O)(=O)C(F)F)cc1)C1CCC(=O)CC1. The maximum absolute atomic E-state index is 12.5. The lowest BCUT2D eigenvalue weighted by atomic mass is 9.93. The van der Waals surface area contributed by atoms with Crippen LogP contribution >= 0.6 is 0 Å². The van der Waals surface area contributed by atoms with Crippen LogP contribution in [-0.2, 0) is 14.6 Å². The highest BCUT2D eigenvalue weighted by Gasteiger charge is 2.27. The molecule has 0 N–H and O–H groups in total. The van der Waals surface area contributed by atoms with Crippen LogP contribution in [0.4, 0.5) is 14.5 Å². The highest BCUT2D eigenvalue weighted by Crippen LogP contribution is 2.26. The first-order chi connectivity index (χ1) is 9.82. The molecule has 1 aromatic carbocycles. The molecular formula is C14H17F2NO3S. The zero-order valence-corrected chi connectivity index (χ0v) is 12.4. The van der Waals surface area contributed by atoms with E-state index in [1.807, 2.05) is 11.9 Å². The molecule has 21 heavy (non-hydrogen) atoms. The number of benzene rings is 1. The first-order valence-corrected chi connectivity index (χ1v) is 8.23. The van der Waals surface area contributed by atoms with Crippen LogP contribution in [0.5, 0.6) is 0 Å². The second-order valence-electron chi connectivity index (χ2n) is 5.18. The topological polar surface area (TPSA) is 54.5 Å². The van der Waals surface area contributed by atoms with E-state index >= 15 is 0 Å². The average molecular weight is 317 g/mol. The quantitative estimate of drug-likeness (QED) is 0.856. The van der Waals surface area contributed by atoms with Crippen LogP contribution in [0.2, 0.25) is 0 Å². The number of ketones is 1. The third kappa shape index (κ3) is 3.40. The minimum atomic E-state index is -4.55. The number of halogens is 2. The molecule has 0 spiro atoms. The van der Waals surface area contributed by atoms with Crippen LogP contribution in [0.25, 0.3) is 0 Å². The predicted octanol–water partition coefficient (Wildman–Crippen LogP) is 2.63. The van der Waals surface area contributed by atoms with E-state index in [0.717, 1.165) is 18.5 Å². The van der Waals surface area contributed by atoms with E-state index < -0.39 is 15.6 Å². The van der Waals surface area contributed by atoms with E-state index in [9.17, 15) is 22.0 Å². The largest absolute Gasteiger partial charge is 0.372 e. The summed E-state index contributed by atoms with van der Waals surface area (Å²) >= 11 is 0. The van der Waals surface area contributed by atoms with Crippen LogP contribution in [-0.4, -0.2) is 33.0 Å². The van der Waals surface area contributed by atoms with Gasteiger partial charge in [0.15, 0.2) is 0 Å². The number of anilines is 1. The fraction of sp³-hybridized carbons (Fsp3) is 0.500. The molecule has 4 nitrogen and oxygen atoms in total. The molecule has 1 saturated carbocycles. The number of hydrogen-bond acceptors (Lipinski definition) is 4. The first-order valence-electron chi connectivity index (χ1n) is 6.69. The molecule has 1 aliphatic rings. The Labute approximate surface area is 122 Å². The number of sulfone groups is 1. The molecule has 0 bridgehead atoms. The average Bonchev–Trinajstić information content (AvgIpc) is 2.47. The zero-order chi connectivity index (χ0) is 15.6. The molecule has 0 aromatic heterocycles. The summed E-state index contributed by atoms with van der Waals surface area (Å²) in [6, 6.07) is 5.64. The Kier molecular flexibility index (Phi) is 4.61. The number of rotatable bonds is 4. The Morgan fingerprint density at radius 1 is 1.14 bits per heavy atom. The predicted molar refractivity (Wildman–Crippen MR) is 75.3 cm³/mol. The van der Waals surface area contributed by atoms with Crippen LogP contribution in [0.1, 0.15) is 25.7 Å². The summed E-state index contributed by atoms with van der Waals surface area (Å²) in [4.78, 5) is 12.8. The molecule has 0 saturated heterocycles. The molecule has 0 amide bonds. The molecule has 2 rings (SSSR count). The molecule has 0 radical (unpaired) electrons. The van der Waals surface area contributed by atoms with Gasteiger partial charge in [-0.05, 0) is 37.1 Å². The fourth-order valence-electron chi connectivity index (χ4n) is 2.50. The number of alkyl halides is 2. The van der Waals surface area contributed by atoms with Crippen LogP contribution < -0.4 is 4.90 Å². The molecule has 1 aromatic rings. The van der Waals surface area contributed by atoms with E-state index in [1.165, 1.54) is 24.3 Å². The highest BCUT2D eigenvalue weighted by molar-refractivity contribution is 7.91. The van der Waals surface area contributed by atoms with Crippen molar-refractivity contribution in [2.75, 3.05) is 11.9 Å². The second-order valence-corrected chi connectivity index (χ2v) is 7.10. The monoisotopic (exact) mass is 317 g/mol. The molecule has 1 aliphatic carbocycles. The van der Waals surface area contributed by atoms with E-state index in [0.29, 0.717) is 12.8 Å². The third-order valence-electron chi connectivity index (χ3n) is 3.87. The van der Waals surface area contributed by atoms with Gasteiger partial charge in [0.25, 0.3) is 0 Å². The Balaban J connectivity index is 2.14. The van der Waals surface area contributed by atoms with Gasteiger partial charge in [-0.25, -0.2) is 8.42 Å². The Morgan fingerprint density at radius 3 is 2.14 bits per heavy atom. The molecule has 0 atom stereocenters. The van der Waals surface area contributed by atoms with Crippen molar-refractivity contribution in [1.29, 1.82) is 0 Å². The lowest BCUT2D eigenvalue weighted by Gasteiger charge is -2.32. The van der Waals surface area contributed by atoms with Crippen molar-refractivity contribution in [1.82, 2.24) is 0 Å². The number of carbonyl (C=O) groups excluding carboxylic acids is 1. The molecule has 0 unspecified atom stereocenters. The number of hydrogen-bond donors (Lipinski definition) is 0. The van der Waals surface area contributed by atoms with E-state index in [-0.39, 0.29) is 16.7 Å². The van der Waals surface area contributed by atoms with Gasteiger partial charge in [0.2, 0.25) is 9.84 Å². The fourth-order valence-corrected chi connectivity index (χ4v) is 3.22. The molecule has 7 heteroatoms. The summed E-state index contributed by atoms with van der Waals surface area (Å²) in [6.45, 7) is 0. The van der Waals surface area contributed by atoms with Crippen molar-refractivity contribution in [3.05, 3.63) is 24.3 Å². The van der Waals surface area contributed by atoms with Crippen LogP contribution in [0, 0.1) is 0 Å². The van der Waals surface area contributed by atoms with Gasteiger partial charge < -0.3 is 4.90 Å². The molecule has 116 valence electrons. The van der Waals surface area contributed by atoms with Gasteiger partial charge in [-0.2, -0.15) is 8.78 Å². The van der Waals surface area contributed by atoms with Crippen molar-refractivity contribution in [2.24, 2.45) is 0 Å². The van der Waals surface area contributed by atoms with Gasteiger partial charge in [0, 0.05) is 31.6 Å². The maximum atomic E-state index is 12.5. The van der Waals surface area contributed by atoms with Crippen molar-refractivity contribution < 1.29 is 22.0 Å². The van der Waals surface area contributed by atoms with Crippen molar-refractivity contribution >= 4 is 21.3 Å². The highest BCUT2D eigenvalue weighted by atomic mass is 32.2. The minimum absolute atomic E-state index is 0.209. The summed E-state index contributed by atoms with van der Waals surface area (Å²) in [5.41, 5.74) is 0.752. The van der Waals surface area contributed by atoms with Gasteiger partial charge in [-0.15, -0.1) is 0 Å². The molecular weight excluding hydrogens is 300 g/mol.